The number of nitriles is 1. The molecule has 0 aliphatic carbocycles. The van der Waals surface area contributed by atoms with E-state index in [1.165, 1.54) is 23.9 Å². The maximum atomic E-state index is 14.1. The van der Waals surface area contributed by atoms with E-state index in [-0.39, 0.29) is 35.7 Å². The first kappa shape index (κ1) is 19.6. The molecule has 0 spiro atoms. The molecule has 2 heterocycles. The molecule has 0 amide bonds. The second kappa shape index (κ2) is 8.11. The largest absolute Gasteiger partial charge is 0.496 e. The topological polar surface area (TPSA) is 67.9 Å². The SMILES string of the molecule is Br.COc1ccccc1C(=O)Cn1cc(F)cc2c(CC#N)c(C)nc1-2. The minimum atomic E-state index is -0.480. The van der Waals surface area contributed by atoms with Gasteiger partial charge in [0.05, 0.1) is 31.7 Å². The number of methoxy groups -OCH3 is 1. The van der Waals surface area contributed by atoms with E-state index in [1.54, 1.807) is 31.2 Å². The Morgan fingerprint density at radius 2 is 2.12 bits per heavy atom. The van der Waals surface area contributed by atoms with Crippen LogP contribution in [0, 0.1) is 24.1 Å². The van der Waals surface area contributed by atoms with Crippen molar-refractivity contribution in [3.63, 3.8) is 0 Å². The third-order valence-corrected chi connectivity index (χ3v) is 4.09. The molecule has 2 aliphatic rings. The van der Waals surface area contributed by atoms with Gasteiger partial charge in [-0.3, -0.25) is 4.79 Å². The summed E-state index contributed by atoms with van der Waals surface area (Å²) >= 11 is 0. The number of hydrogen-bond acceptors (Lipinski definition) is 4. The summed E-state index contributed by atoms with van der Waals surface area (Å²) in [6, 6.07) is 10.3. The lowest BCUT2D eigenvalue weighted by molar-refractivity contribution is 0.0969. The number of fused-ring (bicyclic) bond motifs is 1. The fourth-order valence-corrected chi connectivity index (χ4v) is 2.91. The molecule has 3 rings (SSSR count). The first-order valence-electron chi connectivity index (χ1n) is 7.73. The summed E-state index contributed by atoms with van der Waals surface area (Å²) in [5.41, 5.74) is 2.35. The lowest BCUT2D eigenvalue weighted by Crippen LogP contribution is -2.14. The summed E-state index contributed by atoms with van der Waals surface area (Å²) in [4.78, 5) is 17.1. The number of ether oxygens (including phenoxy) is 1. The van der Waals surface area contributed by atoms with Crippen molar-refractivity contribution in [1.29, 1.82) is 5.26 Å². The highest BCUT2D eigenvalue weighted by atomic mass is 79.9. The fraction of sp³-hybridized carbons (Fsp3) is 0.211. The summed E-state index contributed by atoms with van der Waals surface area (Å²) in [6.45, 7) is 1.70. The molecule has 0 fully saturated rings. The third-order valence-electron chi connectivity index (χ3n) is 4.09. The molecule has 0 unspecified atom stereocenters. The number of pyridine rings is 1. The Morgan fingerprint density at radius 3 is 2.81 bits per heavy atom. The van der Waals surface area contributed by atoms with Crippen LogP contribution in [0.4, 0.5) is 4.39 Å². The van der Waals surface area contributed by atoms with E-state index in [2.05, 4.69) is 11.1 Å². The second-order valence-corrected chi connectivity index (χ2v) is 5.66. The predicted octanol–water partition coefficient (Wildman–Crippen LogP) is 3.97. The van der Waals surface area contributed by atoms with Crippen molar-refractivity contribution >= 4 is 22.8 Å². The van der Waals surface area contributed by atoms with Gasteiger partial charge in [0.1, 0.15) is 17.4 Å². The van der Waals surface area contributed by atoms with Gasteiger partial charge in [-0.25, -0.2) is 9.37 Å². The van der Waals surface area contributed by atoms with Gasteiger partial charge in [0.15, 0.2) is 5.78 Å². The van der Waals surface area contributed by atoms with Crippen molar-refractivity contribution in [3.05, 3.63) is 59.2 Å². The summed E-state index contributed by atoms with van der Waals surface area (Å²) in [5.74, 6) is 0.272. The summed E-state index contributed by atoms with van der Waals surface area (Å²) in [5, 5.41) is 8.97. The molecular formula is C19H17BrFN3O2. The molecule has 0 saturated carbocycles. The van der Waals surface area contributed by atoms with E-state index in [0.29, 0.717) is 34.0 Å². The van der Waals surface area contributed by atoms with Crippen LogP contribution < -0.4 is 4.74 Å². The Bertz CT molecular complexity index is 962. The third kappa shape index (κ3) is 3.60. The predicted molar refractivity (Wildman–Crippen MR) is 101 cm³/mol. The number of benzene rings is 1. The number of carbonyl (C=O) groups is 1. The van der Waals surface area contributed by atoms with Crippen molar-refractivity contribution in [2.75, 3.05) is 7.11 Å². The van der Waals surface area contributed by atoms with Crippen LogP contribution in [0.5, 0.6) is 5.75 Å². The number of carbonyl (C=O) groups excluding carboxylic acids is 1. The van der Waals surface area contributed by atoms with E-state index in [1.807, 2.05) is 0 Å². The van der Waals surface area contributed by atoms with Crippen LogP contribution in [-0.2, 0) is 13.0 Å². The second-order valence-electron chi connectivity index (χ2n) is 5.66. The normalized spacial score (nSPS) is 10.2. The van der Waals surface area contributed by atoms with Crippen LogP contribution in [0.2, 0.25) is 0 Å². The number of ketones is 1. The van der Waals surface area contributed by atoms with Gasteiger partial charge in [-0.2, -0.15) is 5.26 Å². The summed E-state index contributed by atoms with van der Waals surface area (Å²) < 4.78 is 20.8. The highest BCUT2D eigenvalue weighted by Gasteiger charge is 2.21. The van der Waals surface area contributed by atoms with Crippen molar-refractivity contribution < 1.29 is 13.9 Å². The highest BCUT2D eigenvalue weighted by molar-refractivity contribution is 8.93. The van der Waals surface area contributed by atoms with E-state index in [9.17, 15) is 9.18 Å². The van der Waals surface area contributed by atoms with Gasteiger partial charge < -0.3 is 9.30 Å². The highest BCUT2D eigenvalue weighted by Crippen LogP contribution is 2.30. The van der Waals surface area contributed by atoms with E-state index >= 15 is 0 Å². The Morgan fingerprint density at radius 1 is 1.38 bits per heavy atom. The Hall–Kier alpha value is -2.72. The lowest BCUT2D eigenvalue weighted by atomic mass is 10.1. The molecule has 7 heteroatoms. The molecule has 0 bridgehead atoms. The van der Waals surface area contributed by atoms with Gasteiger partial charge in [0.25, 0.3) is 0 Å². The van der Waals surface area contributed by atoms with Gasteiger partial charge in [-0.1, -0.05) is 12.1 Å². The van der Waals surface area contributed by atoms with Crippen molar-refractivity contribution in [3.8, 4) is 23.2 Å². The number of hydrogen-bond donors (Lipinski definition) is 0. The molecular weight excluding hydrogens is 401 g/mol. The number of para-hydroxylation sites is 1. The smallest absolute Gasteiger partial charge is 0.186 e. The van der Waals surface area contributed by atoms with E-state index < -0.39 is 5.82 Å². The van der Waals surface area contributed by atoms with Crippen molar-refractivity contribution in [1.82, 2.24) is 9.55 Å². The van der Waals surface area contributed by atoms with Gasteiger partial charge >= 0.3 is 0 Å². The lowest BCUT2D eigenvalue weighted by Gasteiger charge is -2.13. The van der Waals surface area contributed by atoms with Crippen molar-refractivity contribution in [2.45, 2.75) is 19.9 Å². The van der Waals surface area contributed by atoms with Crippen LogP contribution in [0.3, 0.4) is 0 Å². The first-order chi connectivity index (χ1) is 12.0. The first-order valence-corrected chi connectivity index (χ1v) is 7.73. The fourth-order valence-electron chi connectivity index (χ4n) is 2.91. The quantitative estimate of drug-likeness (QED) is 0.588. The molecule has 2 aliphatic heterocycles. The molecule has 0 N–H and O–H groups in total. The maximum Gasteiger partial charge on any atom is 0.186 e. The molecule has 5 nitrogen and oxygen atoms in total. The molecule has 0 radical (unpaired) electrons. The summed E-state index contributed by atoms with van der Waals surface area (Å²) in [6.07, 6.45) is 1.39. The standard InChI is InChI=1S/C19H16FN3O2.BrH/c1-12-14(7-8-21)16-9-13(20)10-23(19(16)22-12)11-17(24)15-5-3-4-6-18(15)25-2;/h3-6,9-10H,7,11H2,1-2H3;1H. The number of aryl methyl sites for hydroxylation is 1. The van der Waals surface area contributed by atoms with Crippen LogP contribution >= 0.6 is 17.0 Å². The van der Waals surface area contributed by atoms with Gasteiger partial charge in [0, 0.05) is 17.5 Å². The average molecular weight is 418 g/mol. The molecule has 1 aromatic rings. The summed E-state index contributed by atoms with van der Waals surface area (Å²) in [7, 11) is 1.50. The van der Waals surface area contributed by atoms with Crippen LogP contribution in [0.1, 0.15) is 21.6 Å². The minimum Gasteiger partial charge on any atom is -0.496 e. The van der Waals surface area contributed by atoms with Gasteiger partial charge in [0.2, 0.25) is 0 Å². The van der Waals surface area contributed by atoms with Crippen LogP contribution in [-0.4, -0.2) is 22.4 Å². The van der Waals surface area contributed by atoms with E-state index in [0.717, 1.165) is 0 Å². The molecule has 1 aromatic carbocycles. The number of rotatable bonds is 5. The molecule has 134 valence electrons. The zero-order chi connectivity index (χ0) is 18.0. The molecule has 0 saturated heterocycles. The molecule has 0 aromatic heterocycles. The zero-order valence-corrected chi connectivity index (χ0v) is 16.0. The molecule has 26 heavy (non-hydrogen) atoms. The van der Waals surface area contributed by atoms with Gasteiger partial charge in [-0.05, 0) is 30.7 Å². The van der Waals surface area contributed by atoms with Crippen LogP contribution in [0.15, 0.2) is 36.5 Å². The Kier molecular flexibility index (Phi) is 6.11. The average Bonchev–Trinajstić information content (AvgIpc) is 2.91. The number of Topliss-reactive ketones (excluding diaryl/α,β-unsaturated/α-hetero) is 1. The number of halogens is 2. The van der Waals surface area contributed by atoms with Gasteiger partial charge in [-0.15, -0.1) is 17.0 Å². The van der Waals surface area contributed by atoms with Crippen molar-refractivity contribution in [2.24, 2.45) is 0 Å². The Balaban J connectivity index is 0.00000243. The maximum absolute atomic E-state index is 14.1. The molecule has 0 atom stereocenters. The zero-order valence-electron chi connectivity index (χ0n) is 14.3. The van der Waals surface area contributed by atoms with Crippen LogP contribution in [0.25, 0.3) is 11.4 Å². The monoisotopic (exact) mass is 417 g/mol. The Labute approximate surface area is 161 Å². The number of nitrogens with zero attached hydrogens (tertiary/aromatic N) is 3. The number of aromatic nitrogens is 2. The van der Waals surface area contributed by atoms with E-state index in [4.69, 9.17) is 10.00 Å². The minimum absolute atomic E-state index is 0.